The standard InChI is InChI=1S/C11H22O2.C10H12/c1-6-10-8(3)7(2)9(4)11(12-5)13-10;1-8-5-6-9-3-2-4-10(9)7-8/h7-11H,6H2,1-5H3;5-7H,2-4H2,1H3. The van der Waals surface area contributed by atoms with Gasteiger partial charge in [0.15, 0.2) is 6.29 Å². The summed E-state index contributed by atoms with van der Waals surface area (Å²) in [4.78, 5) is 0. The Hall–Kier alpha value is -0.860. The number of benzene rings is 1. The van der Waals surface area contributed by atoms with Gasteiger partial charge in [-0.15, -0.1) is 0 Å². The lowest BCUT2D eigenvalue weighted by molar-refractivity contribution is -0.237. The van der Waals surface area contributed by atoms with Crippen molar-refractivity contribution < 1.29 is 9.47 Å². The van der Waals surface area contributed by atoms with Crippen LogP contribution in [0.15, 0.2) is 18.2 Å². The molecule has 23 heavy (non-hydrogen) atoms. The van der Waals surface area contributed by atoms with E-state index in [9.17, 15) is 0 Å². The van der Waals surface area contributed by atoms with Crippen LogP contribution in [-0.2, 0) is 22.3 Å². The molecule has 0 aromatic heterocycles. The second kappa shape index (κ2) is 8.30. The van der Waals surface area contributed by atoms with Crippen molar-refractivity contribution in [1.29, 1.82) is 0 Å². The van der Waals surface area contributed by atoms with Crippen molar-refractivity contribution >= 4 is 0 Å². The van der Waals surface area contributed by atoms with E-state index in [0.717, 1.165) is 6.42 Å². The SMILES string of the molecule is CCC1OC(OC)C(C)C(C)C1C.Cc1ccc2c(c1)CCC2. The molecule has 1 fully saturated rings. The minimum Gasteiger partial charge on any atom is -0.356 e. The smallest absolute Gasteiger partial charge is 0.160 e. The maximum Gasteiger partial charge on any atom is 0.160 e. The number of aryl methyl sites for hydroxylation is 3. The minimum absolute atomic E-state index is 0.00356. The molecule has 2 nitrogen and oxygen atoms in total. The van der Waals surface area contributed by atoms with Crippen molar-refractivity contribution in [3.8, 4) is 0 Å². The van der Waals surface area contributed by atoms with E-state index in [1.54, 1.807) is 18.2 Å². The fraction of sp³-hybridized carbons (Fsp3) is 0.714. The van der Waals surface area contributed by atoms with Crippen LogP contribution in [0, 0.1) is 24.7 Å². The Morgan fingerprint density at radius 3 is 2.39 bits per heavy atom. The van der Waals surface area contributed by atoms with Crippen LogP contribution in [0.2, 0.25) is 0 Å². The fourth-order valence-corrected chi connectivity index (χ4v) is 3.92. The molecule has 1 saturated heterocycles. The molecular formula is C21H34O2. The molecule has 3 rings (SSSR count). The molecule has 0 N–H and O–H groups in total. The first-order valence-corrected chi connectivity index (χ1v) is 9.24. The number of hydrogen-bond donors (Lipinski definition) is 0. The molecule has 1 aromatic rings. The molecule has 0 radical (unpaired) electrons. The van der Waals surface area contributed by atoms with Crippen LogP contribution in [0.25, 0.3) is 0 Å². The normalized spacial score (nSPS) is 32.9. The summed E-state index contributed by atoms with van der Waals surface area (Å²) < 4.78 is 11.2. The van der Waals surface area contributed by atoms with E-state index in [0.29, 0.717) is 23.9 Å². The van der Waals surface area contributed by atoms with Gasteiger partial charge in [-0.1, -0.05) is 51.5 Å². The van der Waals surface area contributed by atoms with Crippen molar-refractivity contribution in [3.05, 3.63) is 34.9 Å². The maximum atomic E-state index is 5.86. The van der Waals surface area contributed by atoms with E-state index >= 15 is 0 Å². The molecule has 0 saturated carbocycles. The summed E-state index contributed by atoms with van der Waals surface area (Å²) in [5, 5.41) is 0. The Morgan fingerprint density at radius 2 is 1.74 bits per heavy atom. The third-order valence-electron chi connectivity index (χ3n) is 5.87. The van der Waals surface area contributed by atoms with Crippen LogP contribution < -0.4 is 0 Å². The Morgan fingerprint density at radius 1 is 1.04 bits per heavy atom. The zero-order chi connectivity index (χ0) is 17.0. The van der Waals surface area contributed by atoms with Gasteiger partial charge in [-0.2, -0.15) is 0 Å². The zero-order valence-electron chi connectivity index (χ0n) is 15.8. The molecule has 2 aliphatic rings. The predicted molar refractivity (Wildman–Crippen MR) is 96.7 cm³/mol. The number of rotatable bonds is 2. The number of fused-ring (bicyclic) bond motifs is 1. The van der Waals surface area contributed by atoms with Crippen molar-refractivity contribution in [2.24, 2.45) is 17.8 Å². The predicted octanol–water partition coefficient (Wildman–Crippen LogP) is 5.16. The molecule has 0 amide bonds. The van der Waals surface area contributed by atoms with E-state index in [4.69, 9.17) is 9.47 Å². The number of ether oxygens (including phenoxy) is 2. The molecule has 1 heterocycles. The van der Waals surface area contributed by atoms with Gasteiger partial charge in [-0.3, -0.25) is 0 Å². The van der Waals surface area contributed by atoms with Gasteiger partial charge >= 0.3 is 0 Å². The summed E-state index contributed by atoms with van der Waals surface area (Å²) in [7, 11) is 1.73. The quantitative estimate of drug-likeness (QED) is 0.750. The highest BCUT2D eigenvalue weighted by Gasteiger charge is 2.38. The van der Waals surface area contributed by atoms with Crippen LogP contribution in [0.5, 0.6) is 0 Å². The van der Waals surface area contributed by atoms with E-state index in [1.807, 2.05) is 0 Å². The molecule has 0 spiro atoms. The first-order valence-electron chi connectivity index (χ1n) is 9.24. The highest BCUT2D eigenvalue weighted by atomic mass is 16.7. The summed E-state index contributed by atoms with van der Waals surface area (Å²) in [6.45, 7) is 11.1. The topological polar surface area (TPSA) is 18.5 Å². The average molecular weight is 319 g/mol. The van der Waals surface area contributed by atoms with Gasteiger partial charge in [-0.25, -0.2) is 0 Å². The van der Waals surface area contributed by atoms with Crippen molar-refractivity contribution in [1.82, 2.24) is 0 Å². The van der Waals surface area contributed by atoms with Crippen molar-refractivity contribution in [3.63, 3.8) is 0 Å². The third-order valence-corrected chi connectivity index (χ3v) is 5.87. The third kappa shape index (κ3) is 4.36. The largest absolute Gasteiger partial charge is 0.356 e. The summed E-state index contributed by atoms with van der Waals surface area (Å²) in [6, 6.07) is 6.81. The monoisotopic (exact) mass is 318 g/mol. The maximum absolute atomic E-state index is 5.86. The average Bonchev–Trinajstić information content (AvgIpc) is 3.01. The second-order valence-electron chi connectivity index (χ2n) is 7.39. The van der Waals surface area contributed by atoms with Crippen LogP contribution in [0.3, 0.4) is 0 Å². The summed E-state index contributed by atoms with van der Waals surface area (Å²) in [5.74, 6) is 1.83. The van der Waals surface area contributed by atoms with Gasteiger partial charge in [0, 0.05) is 13.0 Å². The van der Waals surface area contributed by atoms with E-state index in [-0.39, 0.29) is 6.29 Å². The van der Waals surface area contributed by atoms with Gasteiger partial charge in [0.1, 0.15) is 0 Å². The molecule has 130 valence electrons. The highest BCUT2D eigenvalue weighted by molar-refractivity contribution is 5.34. The molecule has 1 aliphatic heterocycles. The zero-order valence-corrected chi connectivity index (χ0v) is 15.8. The lowest BCUT2D eigenvalue weighted by Gasteiger charge is -2.42. The van der Waals surface area contributed by atoms with Gasteiger partial charge in [0.2, 0.25) is 0 Å². The first-order chi connectivity index (χ1) is 11.0. The Labute approximate surface area is 142 Å². The summed E-state index contributed by atoms with van der Waals surface area (Å²) >= 11 is 0. The van der Waals surface area contributed by atoms with Crippen LogP contribution >= 0.6 is 0 Å². The lowest BCUT2D eigenvalue weighted by atomic mass is 9.78. The second-order valence-corrected chi connectivity index (χ2v) is 7.39. The fourth-order valence-electron chi connectivity index (χ4n) is 3.92. The molecule has 2 heteroatoms. The number of hydrogen-bond acceptors (Lipinski definition) is 2. The van der Waals surface area contributed by atoms with Crippen LogP contribution in [0.4, 0.5) is 0 Å². The summed E-state index contributed by atoms with van der Waals surface area (Å²) in [6.07, 6.45) is 5.41. The van der Waals surface area contributed by atoms with Crippen molar-refractivity contribution in [2.75, 3.05) is 7.11 Å². The van der Waals surface area contributed by atoms with Crippen LogP contribution in [-0.4, -0.2) is 19.5 Å². The van der Waals surface area contributed by atoms with Gasteiger partial charge < -0.3 is 9.47 Å². The minimum atomic E-state index is -0.00356. The van der Waals surface area contributed by atoms with Crippen molar-refractivity contribution in [2.45, 2.75) is 72.7 Å². The van der Waals surface area contributed by atoms with E-state index in [2.05, 4.69) is 52.8 Å². The van der Waals surface area contributed by atoms with Gasteiger partial charge in [-0.05, 0) is 55.6 Å². The molecule has 1 aliphatic carbocycles. The molecular weight excluding hydrogens is 284 g/mol. The highest BCUT2D eigenvalue weighted by Crippen LogP contribution is 2.36. The Bertz CT molecular complexity index is 477. The number of methoxy groups -OCH3 is 1. The Balaban J connectivity index is 0.000000172. The van der Waals surface area contributed by atoms with Gasteiger partial charge in [0.25, 0.3) is 0 Å². The molecule has 5 unspecified atom stereocenters. The van der Waals surface area contributed by atoms with Crippen LogP contribution in [0.1, 0.15) is 57.2 Å². The lowest BCUT2D eigenvalue weighted by Crippen LogP contribution is -2.45. The molecule has 1 aromatic carbocycles. The first kappa shape index (κ1) is 18.5. The Kier molecular flexibility index (Phi) is 6.67. The van der Waals surface area contributed by atoms with E-state index in [1.165, 1.54) is 24.8 Å². The molecule has 0 bridgehead atoms. The van der Waals surface area contributed by atoms with E-state index < -0.39 is 0 Å². The molecule has 5 atom stereocenters. The van der Waals surface area contributed by atoms with Gasteiger partial charge in [0.05, 0.1) is 6.10 Å². The summed E-state index contributed by atoms with van der Waals surface area (Å²) in [5.41, 5.74) is 4.56.